The van der Waals surface area contributed by atoms with Gasteiger partial charge < -0.3 is 9.47 Å². The molecule has 8 heteroatoms. The summed E-state index contributed by atoms with van der Waals surface area (Å²) in [6, 6.07) is 1.99. The third-order valence-electron chi connectivity index (χ3n) is 4.99. The van der Waals surface area contributed by atoms with Crippen LogP contribution in [-0.2, 0) is 13.5 Å². The largest absolute Gasteiger partial charge is 0.338 e. The van der Waals surface area contributed by atoms with E-state index in [4.69, 9.17) is 0 Å². The molecule has 0 radical (unpaired) electrons. The van der Waals surface area contributed by atoms with Crippen LogP contribution in [0.15, 0.2) is 37.3 Å². The summed E-state index contributed by atoms with van der Waals surface area (Å²) in [7, 11) is 1.94. The molecule has 8 nitrogen and oxygen atoms in total. The van der Waals surface area contributed by atoms with Crippen molar-refractivity contribution in [1.29, 1.82) is 0 Å². The fourth-order valence-electron chi connectivity index (χ4n) is 3.49. The average Bonchev–Trinajstić information content (AvgIpc) is 3.31. The Balaban J connectivity index is 1.44. The van der Waals surface area contributed by atoms with Gasteiger partial charge in [0.2, 0.25) is 0 Å². The molecule has 3 aromatic rings. The molecule has 0 spiro atoms. The minimum Gasteiger partial charge on any atom is -0.338 e. The Morgan fingerprint density at radius 1 is 1.22 bits per heavy atom. The van der Waals surface area contributed by atoms with E-state index in [1.807, 2.05) is 35.7 Å². The van der Waals surface area contributed by atoms with Gasteiger partial charge in [-0.15, -0.1) is 0 Å². The van der Waals surface area contributed by atoms with Crippen LogP contribution in [0.3, 0.4) is 0 Å². The van der Waals surface area contributed by atoms with Gasteiger partial charge in [0.15, 0.2) is 5.82 Å². The second kappa shape index (κ2) is 7.22. The predicted molar refractivity (Wildman–Crippen MR) is 98.7 cm³/mol. The smallest absolute Gasteiger partial charge is 0.257 e. The first-order valence-electron chi connectivity index (χ1n) is 8.96. The molecule has 3 aromatic heterocycles. The van der Waals surface area contributed by atoms with Gasteiger partial charge in [-0.1, -0.05) is 0 Å². The van der Waals surface area contributed by atoms with Gasteiger partial charge in [-0.3, -0.25) is 4.79 Å². The van der Waals surface area contributed by atoms with Crippen LogP contribution in [0.2, 0.25) is 0 Å². The van der Waals surface area contributed by atoms with Crippen LogP contribution in [0.5, 0.6) is 0 Å². The van der Waals surface area contributed by atoms with Crippen LogP contribution in [-0.4, -0.2) is 53.4 Å². The van der Waals surface area contributed by atoms with E-state index in [2.05, 4.69) is 24.9 Å². The first kappa shape index (κ1) is 17.3. The molecule has 1 atom stereocenters. The third-order valence-corrected chi connectivity index (χ3v) is 4.99. The van der Waals surface area contributed by atoms with Crippen molar-refractivity contribution in [3.8, 4) is 11.5 Å². The molecule has 1 saturated heterocycles. The number of amides is 1. The van der Waals surface area contributed by atoms with Crippen LogP contribution in [0.4, 0.5) is 0 Å². The van der Waals surface area contributed by atoms with E-state index >= 15 is 0 Å². The molecule has 0 N–H and O–H groups in total. The number of hydrogen-bond acceptors (Lipinski definition) is 6. The number of rotatable bonds is 4. The summed E-state index contributed by atoms with van der Waals surface area (Å²) < 4.78 is 1.94. The van der Waals surface area contributed by atoms with E-state index in [9.17, 15) is 4.79 Å². The second-order valence-electron chi connectivity index (χ2n) is 6.89. The van der Waals surface area contributed by atoms with Crippen LogP contribution in [0.1, 0.15) is 28.2 Å². The average molecular weight is 363 g/mol. The summed E-state index contributed by atoms with van der Waals surface area (Å²) in [6.07, 6.45) is 10.1. The van der Waals surface area contributed by atoms with Crippen LogP contribution >= 0.6 is 0 Å². The van der Waals surface area contributed by atoms with Gasteiger partial charge in [0.25, 0.3) is 5.91 Å². The van der Waals surface area contributed by atoms with Crippen LogP contribution in [0, 0.1) is 12.8 Å². The van der Waals surface area contributed by atoms with Gasteiger partial charge in [-0.2, -0.15) is 0 Å². The summed E-state index contributed by atoms with van der Waals surface area (Å²) in [5.41, 5.74) is 3.09. The first-order valence-corrected chi connectivity index (χ1v) is 8.96. The van der Waals surface area contributed by atoms with Crippen molar-refractivity contribution in [2.75, 3.05) is 13.1 Å². The van der Waals surface area contributed by atoms with Gasteiger partial charge in [0.1, 0.15) is 18.3 Å². The van der Waals surface area contributed by atoms with E-state index in [0.29, 0.717) is 17.2 Å². The summed E-state index contributed by atoms with van der Waals surface area (Å²) >= 11 is 0. The lowest BCUT2D eigenvalue weighted by atomic mass is 10.0. The standard InChI is InChI=1S/C19H21N7O/c1-13-16(9-20-11-22-13)19(27)26-5-3-14(10-26)7-15-8-17(24-12-23-15)18-21-4-6-25(18)2/h4,6,8-9,11-12,14H,3,5,7,10H2,1-2H3/t14-/m1/s1. The highest BCUT2D eigenvalue weighted by molar-refractivity contribution is 5.95. The Labute approximate surface area is 157 Å². The van der Waals surface area contributed by atoms with Gasteiger partial charge in [-0.25, -0.2) is 24.9 Å². The number of aryl methyl sites for hydroxylation is 2. The quantitative estimate of drug-likeness (QED) is 0.701. The van der Waals surface area contributed by atoms with Crippen molar-refractivity contribution in [2.24, 2.45) is 13.0 Å². The fourth-order valence-corrected chi connectivity index (χ4v) is 3.49. The summed E-state index contributed by atoms with van der Waals surface area (Å²) in [5.74, 6) is 1.21. The molecule has 4 rings (SSSR count). The third kappa shape index (κ3) is 3.55. The van der Waals surface area contributed by atoms with Crippen molar-refractivity contribution in [3.63, 3.8) is 0 Å². The number of carbonyl (C=O) groups excluding carboxylic acids is 1. The van der Waals surface area contributed by atoms with E-state index in [1.54, 1.807) is 18.7 Å². The molecule has 27 heavy (non-hydrogen) atoms. The molecule has 1 amide bonds. The minimum atomic E-state index is 0.00647. The van der Waals surface area contributed by atoms with Gasteiger partial charge >= 0.3 is 0 Å². The van der Waals surface area contributed by atoms with Crippen molar-refractivity contribution < 1.29 is 4.79 Å². The minimum absolute atomic E-state index is 0.00647. The molecule has 0 saturated carbocycles. The fraction of sp³-hybridized carbons (Fsp3) is 0.368. The Hall–Kier alpha value is -3.16. The van der Waals surface area contributed by atoms with E-state index in [1.165, 1.54) is 6.33 Å². The lowest BCUT2D eigenvalue weighted by Crippen LogP contribution is -2.29. The molecular weight excluding hydrogens is 342 g/mol. The van der Waals surface area contributed by atoms with Crippen molar-refractivity contribution in [2.45, 2.75) is 19.8 Å². The molecule has 1 fully saturated rings. The van der Waals surface area contributed by atoms with Crippen LogP contribution < -0.4 is 0 Å². The molecule has 0 aromatic carbocycles. The second-order valence-corrected chi connectivity index (χ2v) is 6.89. The molecular formula is C19H21N7O. The number of hydrogen-bond donors (Lipinski definition) is 0. The Kier molecular flexibility index (Phi) is 4.62. The van der Waals surface area contributed by atoms with Gasteiger partial charge in [0.05, 0.1) is 11.3 Å². The molecule has 0 bridgehead atoms. The van der Waals surface area contributed by atoms with Crippen molar-refractivity contribution >= 4 is 5.91 Å². The van der Waals surface area contributed by atoms with Crippen molar-refractivity contribution in [1.82, 2.24) is 34.4 Å². The molecule has 1 aliphatic rings. The molecule has 0 aliphatic carbocycles. The maximum atomic E-state index is 12.7. The Morgan fingerprint density at radius 2 is 2.11 bits per heavy atom. The van der Waals surface area contributed by atoms with E-state index in [-0.39, 0.29) is 5.91 Å². The zero-order chi connectivity index (χ0) is 18.8. The van der Waals surface area contributed by atoms with E-state index < -0.39 is 0 Å². The van der Waals surface area contributed by atoms with Crippen molar-refractivity contribution in [3.05, 3.63) is 54.3 Å². The maximum absolute atomic E-state index is 12.7. The zero-order valence-corrected chi connectivity index (χ0v) is 15.4. The van der Waals surface area contributed by atoms with Gasteiger partial charge in [-0.05, 0) is 31.7 Å². The number of aromatic nitrogens is 6. The highest BCUT2D eigenvalue weighted by atomic mass is 16.2. The number of imidazole rings is 1. The maximum Gasteiger partial charge on any atom is 0.257 e. The molecule has 0 unspecified atom stereocenters. The van der Waals surface area contributed by atoms with Crippen LogP contribution in [0.25, 0.3) is 11.5 Å². The number of carbonyl (C=O) groups is 1. The molecule has 1 aliphatic heterocycles. The summed E-state index contributed by atoms with van der Waals surface area (Å²) in [5, 5.41) is 0. The highest BCUT2D eigenvalue weighted by Crippen LogP contribution is 2.23. The summed E-state index contributed by atoms with van der Waals surface area (Å²) in [4.78, 5) is 35.8. The topological polar surface area (TPSA) is 89.7 Å². The van der Waals surface area contributed by atoms with Gasteiger partial charge in [0, 0.05) is 44.4 Å². The Bertz CT molecular complexity index is 968. The lowest BCUT2D eigenvalue weighted by Gasteiger charge is -2.17. The van der Waals surface area contributed by atoms with E-state index in [0.717, 1.165) is 43.1 Å². The number of likely N-dealkylation sites (tertiary alicyclic amines) is 1. The molecule has 4 heterocycles. The highest BCUT2D eigenvalue weighted by Gasteiger charge is 2.28. The summed E-state index contributed by atoms with van der Waals surface area (Å²) in [6.45, 7) is 3.30. The first-order chi connectivity index (χ1) is 13.1. The predicted octanol–water partition coefficient (Wildman–Crippen LogP) is 1.68. The zero-order valence-electron chi connectivity index (χ0n) is 15.4. The monoisotopic (exact) mass is 363 g/mol. The normalized spacial score (nSPS) is 16.7. The SMILES string of the molecule is Cc1ncncc1C(=O)N1CC[C@H](Cc2cc(-c3nccn3C)ncn2)C1. The number of nitrogens with zero attached hydrogens (tertiary/aromatic N) is 7. The lowest BCUT2D eigenvalue weighted by molar-refractivity contribution is 0.0785. The molecule has 138 valence electrons. The Morgan fingerprint density at radius 3 is 2.89 bits per heavy atom.